The summed E-state index contributed by atoms with van der Waals surface area (Å²) in [6, 6.07) is 4.47. The average molecular weight is 426 g/mol. The summed E-state index contributed by atoms with van der Waals surface area (Å²) >= 11 is 0. The van der Waals surface area contributed by atoms with Crippen molar-refractivity contribution in [3.63, 3.8) is 0 Å². The van der Waals surface area contributed by atoms with Crippen LogP contribution in [0.1, 0.15) is 33.6 Å². The topological polar surface area (TPSA) is 122 Å². The molecule has 0 spiro atoms. The number of sulfonamides is 1. The number of piperazine rings is 1. The minimum atomic E-state index is -4.02. The fraction of sp³-hybridized carbons (Fsp3) is 0.526. The van der Waals surface area contributed by atoms with Gasteiger partial charge in [0.15, 0.2) is 0 Å². The molecule has 9 nitrogen and oxygen atoms in total. The largest absolute Gasteiger partial charge is 0.466 e. The minimum Gasteiger partial charge on any atom is -0.466 e. The van der Waals surface area contributed by atoms with Crippen molar-refractivity contribution in [1.82, 2.24) is 9.62 Å². The van der Waals surface area contributed by atoms with Crippen LogP contribution in [-0.4, -0.2) is 56.2 Å². The number of hydrogen-bond acceptors (Lipinski definition) is 6. The number of ether oxygens (including phenoxy) is 1. The molecule has 160 valence electrons. The molecule has 0 aliphatic carbocycles. The van der Waals surface area contributed by atoms with E-state index in [-0.39, 0.29) is 36.9 Å². The predicted molar refractivity (Wildman–Crippen MR) is 106 cm³/mol. The van der Waals surface area contributed by atoms with E-state index >= 15 is 0 Å². The molecule has 1 aliphatic heterocycles. The van der Waals surface area contributed by atoms with E-state index in [1.54, 1.807) is 0 Å². The van der Waals surface area contributed by atoms with Gasteiger partial charge in [0, 0.05) is 25.7 Å². The summed E-state index contributed by atoms with van der Waals surface area (Å²) in [6.07, 6.45) is 0.332. The summed E-state index contributed by atoms with van der Waals surface area (Å²) in [6.45, 7) is 5.76. The SMILES string of the molecule is CC(=O)Nc1ccc(S(=O)(=O)N2CCNC(=O)C2CC(=O)OCCC(C)C)cc1. The number of carbonyl (C=O) groups is 3. The van der Waals surface area contributed by atoms with Gasteiger partial charge in [-0.25, -0.2) is 8.42 Å². The van der Waals surface area contributed by atoms with Crippen LogP contribution in [0.25, 0.3) is 0 Å². The number of esters is 1. The zero-order chi connectivity index (χ0) is 21.6. The Kier molecular flexibility index (Phi) is 7.74. The zero-order valence-electron chi connectivity index (χ0n) is 16.8. The smallest absolute Gasteiger partial charge is 0.307 e. The van der Waals surface area contributed by atoms with Crippen molar-refractivity contribution in [1.29, 1.82) is 0 Å². The van der Waals surface area contributed by atoms with E-state index in [2.05, 4.69) is 10.6 Å². The number of nitrogens with one attached hydrogen (secondary N) is 2. The van der Waals surface area contributed by atoms with Gasteiger partial charge in [0.05, 0.1) is 17.9 Å². The molecular weight excluding hydrogens is 398 g/mol. The Morgan fingerprint density at radius 2 is 1.93 bits per heavy atom. The van der Waals surface area contributed by atoms with E-state index in [0.29, 0.717) is 18.0 Å². The van der Waals surface area contributed by atoms with Gasteiger partial charge in [-0.2, -0.15) is 4.31 Å². The van der Waals surface area contributed by atoms with Crippen LogP contribution in [0.4, 0.5) is 5.69 Å². The third kappa shape index (κ3) is 6.26. The first kappa shape index (κ1) is 22.8. The molecule has 29 heavy (non-hydrogen) atoms. The number of nitrogens with zero attached hydrogens (tertiary/aromatic N) is 1. The molecule has 1 aromatic carbocycles. The third-order valence-corrected chi connectivity index (χ3v) is 6.30. The van der Waals surface area contributed by atoms with Crippen LogP contribution in [0.15, 0.2) is 29.2 Å². The Morgan fingerprint density at radius 1 is 1.28 bits per heavy atom. The summed E-state index contributed by atoms with van der Waals surface area (Å²) in [5, 5.41) is 5.16. The second-order valence-electron chi connectivity index (χ2n) is 7.24. The maximum absolute atomic E-state index is 13.1. The molecule has 1 heterocycles. The monoisotopic (exact) mass is 425 g/mol. The van der Waals surface area contributed by atoms with Crippen molar-refractivity contribution in [2.75, 3.05) is 25.0 Å². The quantitative estimate of drug-likeness (QED) is 0.602. The second kappa shape index (κ2) is 9.84. The molecule has 0 aromatic heterocycles. The maximum Gasteiger partial charge on any atom is 0.307 e. The van der Waals surface area contributed by atoms with Crippen molar-refractivity contribution < 1.29 is 27.5 Å². The molecule has 0 bridgehead atoms. The lowest BCUT2D eigenvalue weighted by atomic mass is 10.1. The first-order valence-corrected chi connectivity index (χ1v) is 10.9. The van der Waals surface area contributed by atoms with Gasteiger partial charge in [-0.1, -0.05) is 13.8 Å². The lowest BCUT2D eigenvalue weighted by Crippen LogP contribution is -2.57. The van der Waals surface area contributed by atoms with Crippen LogP contribution < -0.4 is 10.6 Å². The van der Waals surface area contributed by atoms with Gasteiger partial charge in [-0.05, 0) is 36.6 Å². The van der Waals surface area contributed by atoms with Crippen molar-refractivity contribution in [2.45, 2.75) is 44.6 Å². The molecule has 1 aromatic rings. The first-order valence-electron chi connectivity index (χ1n) is 9.44. The van der Waals surface area contributed by atoms with Crippen molar-refractivity contribution >= 4 is 33.5 Å². The van der Waals surface area contributed by atoms with Crippen LogP contribution >= 0.6 is 0 Å². The van der Waals surface area contributed by atoms with Gasteiger partial charge in [0.1, 0.15) is 6.04 Å². The van der Waals surface area contributed by atoms with E-state index < -0.39 is 27.9 Å². The van der Waals surface area contributed by atoms with Gasteiger partial charge >= 0.3 is 5.97 Å². The molecule has 10 heteroatoms. The number of anilines is 1. The third-order valence-electron chi connectivity index (χ3n) is 4.38. The molecule has 1 unspecified atom stereocenters. The molecule has 2 rings (SSSR count). The minimum absolute atomic E-state index is 0.0283. The highest BCUT2D eigenvalue weighted by Crippen LogP contribution is 2.23. The number of hydrogen-bond donors (Lipinski definition) is 2. The number of benzene rings is 1. The van der Waals surface area contributed by atoms with Gasteiger partial charge in [0.25, 0.3) is 0 Å². The Hall–Kier alpha value is -2.46. The van der Waals surface area contributed by atoms with Gasteiger partial charge in [0.2, 0.25) is 21.8 Å². The number of carbonyl (C=O) groups excluding carboxylic acids is 3. The summed E-state index contributed by atoms with van der Waals surface area (Å²) in [5.74, 6) is -1.06. The van der Waals surface area contributed by atoms with Crippen LogP contribution in [-0.2, 0) is 29.1 Å². The summed E-state index contributed by atoms with van der Waals surface area (Å²) in [7, 11) is -4.02. The highest BCUT2D eigenvalue weighted by molar-refractivity contribution is 7.89. The lowest BCUT2D eigenvalue weighted by Gasteiger charge is -2.33. The van der Waals surface area contributed by atoms with Crippen LogP contribution in [0.3, 0.4) is 0 Å². The zero-order valence-corrected chi connectivity index (χ0v) is 17.6. The molecule has 1 atom stereocenters. The number of rotatable bonds is 8. The molecule has 0 radical (unpaired) electrons. The van der Waals surface area contributed by atoms with E-state index in [0.717, 1.165) is 4.31 Å². The first-order chi connectivity index (χ1) is 13.6. The van der Waals surface area contributed by atoms with Crippen molar-refractivity contribution in [2.24, 2.45) is 5.92 Å². The summed E-state index contributed by atoms with van der Waals surface area (Å²) < 4.78 is 32.3. The Bertz CT molecular complexity index is 851. The molecule has 0 saturated carbocycles. The van der Waals surface area contributed by atoms with Crippen molar-refractivity contribution in [3.8, 4) is 0 Å². The molecule has 1 fully saturated rings. The normalized spacial score (nSPS) is 17.7. The van der Waals surface area contributed by atoms with Crippen molar-refractivity contribution in [3.05, 3.63) is 24.3 Å². The van der Waals surface area contributed by atoms with Crippen LogP contribution in [0, 0.1) is 5.92 Å². The maximum atomic E-state index is 13.1. The van der Waals surface area contributed by atoms with Gasteiger partial charge in [-0.3, -0.25) is 14.4 Å². The average Bonchev–Trinajstić information content (AvgIpc) is 2.63. The molecule has 2 N–H and O–H groups in total. The predicted octanol–water partition coefficient (Wildman–Crippen LogP) is 1.11. The molecule has 2 amide bonds. The van der Waals surface area contributed by atoms with Crippen LogP contribution in [0.5, 0.6) is 0 Å². The Balaban J connectivity index is 2.16. The lowest BCUT2D eigenvalue weighted by molar-refractivity contribution is -0.147. The second-order valence-corrected chi connectivity index (χ2v) is 9.13. The molecule has 1 saturated heterocycles. The fourth-order valence-electron chi connectivity index (χ4n) is 2.85. The molecular formula is C19H27N3O6S. The number of amides is 2. The van der Waals surface area contributed by atoms with Gasteiger partial charge in [-0.15, -0.1) is 0 Å². The van der Waals surface area contributed by atoms with E-state index in [4.69, 9.17) is 4.74 Å². The Labute approximate surface area is 170 Å². The fourth-order valence-corrected chi connectivity index (χ4v) is 4.44. The highest BCUT2D eigenvalue weighted by Gasteiger charge is 2.40. The van der Waals surface area contributed by atoms with Gasteiger partial charge < -0.3 is 15.4 Å². The van der Waals surface area contributed by atoms with Crippen LogP contribution in [0.2, 0.25) is 0 Å². The Morgan fingerprint density at radius 3 is 2.52 bits per heavy atom. The van der Waals surface area contributed by atoms with E-state index in [1.165, 1.54) is 31.2 Å². The summed E-state index contributed by atoms with van der Waals surface area (Å²) in [4.78, 5) is 35.5. The highest BCUT2D eigenvalue weighted by atomic mass is 32.2. The van der Waals surface area contributed by atoms with E-state index in [1.807, 2.05) is 13.8 Å². The van der Waals surface area contributed by atoms with E-state index in [9.17, 15) is 22.8 Å². The summed E-state index contributed by atoms with van der Waals surface area (Å²) in [5.41, 5.74) is 0.457. The molecule has 1 aliphatic rings. The standard InChI is InChI=1S/C19H27N3O6S/c1-13(2)8-11-28-18(24)12-17-19(25)20-9-10-22(17)29(26,27)16-6-4-15(5-7-16)21-14(3)23/h4-7,13,17H,8-12H2,1-3H3,(H,20,25)(H,21,23).